The first kappa shape index (κ1) is 11.4. The fraction of sp³-hybridized carbons (Fsp3) is 0.231. The molecular weight excluding hydrogens is 216 g/mol. The number of para-hydroxylation sites is 1. The number of nitrogens with one attached hydrogen (secondary N) is 1. The molecular formula is C13H14N2O2. The largest absolute Gasteiger partial charge is 0.359 e. The minimum Gasteiger partial charge on any atom is -0.359 e. The van der Waals surface area contributed by atoms with Crippen molar-refractivity contribution >= 4 is 22.7 Å². The van der Waals surface area contributed by atoms with E-state index in [-0.39, 0.29) is 24.7 Å². The van der Waals surface area contributed by atoms with E-state index >= 15 is 0 Å². The van der Waals surface area contributed by atoms with Gasteiger partial charge in [-0.05, 0) is 12.1 Å². The van der Waals surface area contributed by atoms with Crippen LogP contribution in [0.1, 0.15) is 17.6 Å². The molecule has 17 heavy (non-hydrogen) atoms. The number of fused-ring (bicyclic) bond motifs is 1. The van der Waals surface area contributed by atoms with Gasteiger partial charge < -0.3 is 5.32 Å². The normalized spacial score (nSPS) is 10.4. The van der Waals surface area contributed by atoms with Crippen molar-refractivity contribution in [2.45, 2.75) is 12.8 Å². The lowest BCUT2D eigenvalue weighted by molar-refractivity contribution is -0.120. The van der Waals surface area contributed by atoms with Crippen molar-refractivity contribution in [1.82, 2.24) is 9.88 Å². The molecule has 88 valence electrons. The average molecular weight is 230 g/mol. The molecule has 1 aromatic heterocycles. The van der Waals surface area contributed by atoms with E-state index in [4.69, 9.17) is 0 Å². The van der Waals surface area contributed by atoms with Gasteiger partial charge in [-0.3, -0.25) is 14.2 Å². The molecule has 1 heterocycles. The monoisotopic (exact) mass is 230 g/mol. The summed E-state index contributed by atoms with van der Waals surface area (Å²) >= 11 is 0. The third-order valence-electron chi connectivity index (χ3n) is 2.71. The zero-order valence-electron chi connectivity index (χ0n) is 9.64. The van der Waals surface area contributed by atoms with Crippen LogP contribution in [-0.4, -0.2) is 23.4 Å². The molecule has 1 N–H and O–H groups in total. The molecule has 0 unspecified atom stereocenters. The third kappa shape index (κ3) is 2.36. The summed E-state index contributed by atoms with van der Waals surface area (Å²) in [7, 11) is 1.57. The molecule has 1 amide bonds. The van der Waals surface area contributed by atoms with Gasteiger partial charge in [-0.15, -0.1) is 0 Å². The SMILES string of the molecule is CNC(=O)CCC(=O)n1ccc2ccccc21. The predicted molar refractivity (Wildman–Crippen MR) is 65.9 cm³/mol. The Labute approximate surface area is 99.2 Å². The number of carbonyl (C=O) groups is 2. The highest BCUT2D eigenvalue weighted by molar-refractivity contribution is 5.93. The molecule has 2 aromatic rings. The van der Waals surface area contributed by atoms with Crippen LogP contribution in [-0.2, 0) is 4.79 Å². The number of hydrogen-bond donors (Lipinski definition) is 1. The fourth-order valence-electron chi connectivity index (χ4n) is 1.77. The summed E-state index contributed by atoms with van der Waals surface area (Å²) in [6.45, 7) is 0. The van der Waals surface area contributed by atoms with E-state index in [1.165, 1.54) is 0 Å². The summed E-state index contributed by atoms with van der Waals surface area (Å²) in [6.07, 6.45) is 2.19. The average Bonchev–Trinajstić information content (AvgIpc) is 2.79. The number of benzene rings is 1. The maximum atomic E-state index is 11.9. The molecule has 0 radical (unpaired) electrons. The summed E-state index contributed by atoms with van der Waals surface area (Å²) in [5.74, 6) is -0.176. The second-order valence-corrected chi connectivity index (χ2v) is 3.81. The second-order valence-electron chi connectivity index (χ2n) is 3.81. The fourth-order valence-corrected chi connectivity index (χ4v) is 1.77. The van der Waals surface area contributed by atoms with Gasteiger partial charge in [0.1, 0.15) is 0 Å². The van der Waals surface area contributed by atoms with Crippen LogP contribution in [0.2, 0.25) is 0 Å². The molecule has 0 bridgehead atoms. The summed E-state index contributed by atoms with van der Waals surface area (Å²) in [6, 6.07) is 9.57. The molecule has 0 atom stereocenters. The van der Waals surface area contributed by atoms with Crippen LogP contribution >= 0.6 is 0 Å². The Morgan fingerprint density at radius 2 is 1.94 bits per heavy atom. The van der Waals surface area contributed by atoms with Gasteiger partial charge in [0.05, 0.1) is 5.52 Å². The quantitative estimate of drug-likeness (QED) is 0.874. The summed E-state index contributed by atoms with van der Waals surface area (Å²) in [5.41, 5.74) is 0.884. The zero-order chi connectivity index (χ0) is 12.3. The van der Waals surface area contributed by atoms with Crippen molar-refractivity contribution in [3.63, 3.8) is 0 Å². The highest BCUT2D eigenvalue weighted by Gasteiger charge is 2.10. The number of rotatable bonds is 3. The van der Waals surface area contributed by atoms with Gasteiger partial charge in [0.2, 0.25) is 11.8 Å². The highest BCUT2D eigenvalue weighted by atomic mass is 16.2. The second kappa shape index (κ2) is 4.82. The standard InChI is InChI=1S/C13H14N2O2/c1-14-12(16)6-7-13(17)15-9-8-10-4-2-3-5-11(10)15/h2-5,8-9H,6-7H2,1H3,(H,14,16). The minimum absolute atomic E-state index is 0.0604. The van der Waals surface area contributed by atoms with E-state index in [0.29, 0.717) is 0 Å². The van der Waals surface area contributed by atoms with E-state index in [1.807, 2.05) is 30.3 Å². The van der Waals surface area contributed by atoms with Crippen LogP contribution in [0.4, 0.5) is 0 Å². The molecule has 4 heteroatoms. The number of nitrogens with zero attached hydrogens (tertiary/aromatic N) is 1. The van der Waals surface area contributed by atoms with Gasteiger partial charge in [0.15, 0.2) is 0 Å². The lowest BCUT2D eigenvalue weighted by Gasteiger charge is -2.03. The molecule has 0 aliphatic heterocycles. The first-order chi connectivity index (χ1) is 8.22. The minimum atomic E-state index is -0.116. The molecule has 2 rings (SSSR count). The van der Waals surface area contributed by atoms with Gasteiger partial charge in [0.25, 0.3) is 0 Å². The lowest BCUT2D eigenvalue weighted by atomic mass is 10.2. The van der Waals surface area contributed by atoms with Gasteiger partial charge >= 0.3 is 0 Å². The summed E-state index contributed by atoms with van der Waals surface area (Å²) in [4.78, 5) is 23.0. The van der Waals surface area contributed by atoms with Crippen LogP contribution in [0, 0.1) is 0 Å². The van der Waals surface area contributed by atoms with E-state index in [0.717, 1.165) is 10.9 Å². The van der Waals surface area contributed by atoms with Crippen LogP contribution < -0.4 is 5.32 Å². The number of carbonyl (C=O) groups excluding carboxylic acids is 2. The van der Waals surface area contributed by atoms with Crippen molar-refractivity contribution in [3.05, 3.63) is 36.5 Å². The molecule has 4 nitrogen and oxygen atoms in total. The van der Waals surface area contributed by atoms with Crippen molar-refractivity contribution in [3.8, 4) is 0 Å². The van der Waals surface area contributed by atoms with Crippen LogP contribution in [0.15, 0.2) is 36.5 Å². The predicted octanol–water partition coefficient (Wildman–Crippen LogP) is 1.81. The highest BCUT2D eigenvalue weighted by Crippen LogP contribution is 2.15. The third-order valence-corrected chi connectivity index (χ3v) is 2.71. The van der Waals surface area contributed by atoms with Gasteiger partial charge in [-0.2, -0.15) is 0 Å². The Bertz CT molecular complexity index is 557. The van der Waals surface area contributed by atoms with E-state index in [1.54, 1.807) is 17.8 Å². The first-order valence-corrected chi connectivity index (χ1v) is 5.52. The van der Waals surface area contributed by atoms with Crippen molar-refractivity contribution in [2.24, 2.45) is 0 Å². The lowest BCUT2D eigenvalue weighted by Crippen LogP contribution is -2.20. The number of aromatic nitrogens is 1. The van der Waals surface area contributed by atoms with Crippen molar-refractivity contribution in [2.75, 3.05) is 7.05 Å². The maximum absolute atomic E-state index is 11.9. The number of hydrogen-bond acceptors (Lipinski definition) is 2. The Balaban J connectivity index is 2.17. The Morgan fingerprint density at radius 1 is 1.18 bits per heavy atom. The molecule has 0 aliphatic carbocycles. The molecule has 0 spiro atoms. The zero-order valence-corrected chi connectivity index (χ0v) is 9.64. The Hall–Kier alpha value is -2.10. The van der Waals surface area contributed by atoms with Crippen LogP contribution in [0.5, 0.6) is 0 Å². The summed E-state index contributed by atoms with van der Waals surface area (Å²) < 4.78 is 1.60. The number of amides is 1. The molecule has 0 saturated heterocycles. The van der Waals surface area contributed by atoms with Crippen molar-refractivity contribution < 1.29 is 9.59 Å². The molecule has 1 aromatic carbocycles. The smallest absolute Gasteiger partial charge is 0.231 e. The van der Waals surface area contributed by atoms with E-state index < -0.39 is 0 Å². The first-order valence-electron chi connectivity index (χ1n) is 5.52. The topological polar surface area (TPSA) is 51.1 Å². The van der Waals surface area contributed by atoms with Gasteiger partial charge in [0, 0.05) is 31.5 Å². The Morgan fingerprint density at radius 3 is 2.71 bits per heavy atom. The van der Waals surface area contributed by atoms with Gasteiger partial charge in [-0.25, -0.2) is 0 Å². The van der Waals surface area contributed by atoms with Crippen LogP contribution in [0.25, 0.3) is 10.9 Å². The molecule has 0 saturated carbocycles. The maximum Gasteiger partial charge on any atom is 0.231 e. The molecule has 0 fully saturated rings. The van der Waals surface area contributed by atoms with Gasteiger partial charge in [-0.1, -0.05) is 18.2 Å². The Kier molecular flexibility index (Phi) is 3.23. The van der Waals surface area contributed by atoms with Crippen LogP contribution in [0.3, 0.4) is 0 Å². The summed E-state index contributed by atoms with van der Waals surface area (Å²) in [5, 5.41) is 3.53. The van der Waals surface area contributed by atoms with E-state index in [2.05, 4.69) is 5.32 Å². The van der Waals surface area contributed by atoms with E-state index in [9.17, 15) is 9.59 Å². The molecule has 0 aliphatic rings. The van der Waals surface area contributed by atoms with Crippen molar-refractivity contribution in [1.29, 1.82) is 0 Å².